The second-order valence-electron chi connectivity index (χ2n) is 7.13. The fraction of sp³-hybridized carbons (Fsp3) is 0.368. The molecule has 0 bridgehead atoms. The molecule has 0 amide bonds. The van der Waals surface area contributed by atoms with E-state index in [0.29, 0.717) is 26.2 Å². The van der Waals surface area contributed by atoms with Crippen LogP contribution in [-0.2, 0) is 26.6 Å². The second kappa shape index (κ2) is 9.83. The summed E-state index contributed by atoms with van der Waals surface area (Å²) in [6.07, 6.45) is 0. The molecule has 0 saturated carbocycles. The third-order valence-electron chi connectivity index (χ3n) is 4.98. The predicted molar refractivity (Wildman–Crippen MR) is 115 cm³/mol. The first-order valence-electron chi connectivity index (χ1n) is 9.66. The van der Waals surface area contributed by atoms with Crippen molar-refractivity contribution in [2.24, 2.45) is 0 Å². The molecule has 1 aliphatic heterocycles. The van der Waals surface area contributed by atoms with Gasteiger partial charge in [-0.25, -0.2) is 21.6 Å². The van der Waals surface area contributed by atoms with E-state index in [-0.39, 0.29) is 22.9 Å². The molecule has 12 heteroatoms. The molecule has 0 radical (unpaired) electrons. The molecule has 0 spiro atoms. The summed E-state index contributed by atoms with van der Waals surface area (Å²) in [5.74, 6) is -0.363. The standard InChI is InChI=1S/C19H24N4O6S2/c24-23(25)18-6-8-19(9-7-18)31(28,29)20-10-15-30(26,27)22-13-11-21(12-14-22)16-17-4-2-1-3-5-17/h1-9,20H,10-16H2. The molecule has 0 atom stereocenters. The van der Waals surface area contributed by atoms with Gasteiger partial charge in [-0.3, -0.25) is 15.0 Å². The van der Waals surface area contributed by atoms with Crippen LogP contribution in [0.25, 0.3) is 0 Å². The lowest BCUT2D eigenvalue weighted by Crippen LogP contribution is -2.49. The van der Waals surface area contributed by atoms with Crippen LogP contribution in [0.4, 0.5) is 5.69 Å². The Hall–Kier alpha value is -2.38. The molecule has 1 saturated heterocycles. The zero-order valence-corrected chi connectivity index (χ0v) is 18.4. The normalized spacial score (nSPS) is 16.3. The van der Waals surface area contributed by atoms with Crippen molar-refractivity contribution in [3.63, 3.8) is 0 Å². The van der Waals surface area contributed by atoms with Gasteiger partial charge < -0.3 is 0 Å². The molecule has 1 fully saturated rings. The number of nitro benzene ring substituents is 1. The molecule has 0 unspecified atom stereocenters. The first-order chi connectivity index (χ1) is 14.7. The molecule has 2 aromatic carbocycles. The van der Waals surface area contributed by atoms with Crippen LogP contribution < -0.4 is 4.72 Å². The second-order valence-corrected chi connectivity index (χ2v) is 11.0. The summed E-state index contributed by atoms with van der Waals surface area (Å²) in [6, 6.07) is 14.3. The van der Waals surface area contributed by atoms with Crippen molar-refractivity contribution in [3.05, 3.63) is 70.3 Å². The Morgan fingerprint density at radius 1 is 0.903 bits per heavy atom. The molecule has 0 aliphatic carbocycles. The van der Waals surface area contributed by atoms with Crippen molar-refractivity contribution in [3.8, 4) is 0 Å². The van der Waals surface area contributed by atoms with E-state index in [0.717, 1.165) is 30.8 Å². The molecule has 31 heavy (non-hydrogen) atoms. The fourth-order valence-corrected chi connectivity index (χ4v) is 5.77. The van der Waals surface area contributed by atoms with Crippen LogP contribution in [0.2, 0.25) is 0 Å². The van der Waals surface area contributed by atoms with Crippen LogP contribution in [0.5, 0.6) is 0 Å². The number of nitrogens with one attached hydrogen (secondary N) is 1. The number of nitro groups is 1. The Morgan fingerprint density at radius 3 is 2.10 bits per heavy atom. The molecular weight excluding hydrogens is 444 g/mol. The number of non-ortho nitro benzene ring substituents is 1. The van der Waals surface area contributed by atoms with Gasteiger partial charge in [0.2, 0.25) is 20.0 Å². The summed E-state index contributed by atoms with van der Waals surface area (Å²) in [6.45, 7) is 2.37. The van der Waals surface area contributed by atoms with Gasteiger partial charge in [-0.2, -0.15) is 4.31 Å². The Kier molecular flexibility index (Phi) is 7.38. The van der Waals surface area contributed by atoms with E-state index in [1.807, 2.05) is 30.3 Å². The van der Waals surface area contributed by atoms with Crippen LogP contribution in [-0.4, -0.2) is 69.4 Å². The van der Waals surface area contributed by atoms with E-state index >= 15 is 0 Å². The summed E-state index contributed by atoms with van der Waals surface area (Å²) in [5, 5.41) is 10.7. The van der Waals surface area contributed by atoms with Gasteiger partial charge in [-0.15, -0.1) is 0 Å². The van der Waals surface area contributed by atoms with Crippen LogP contribution in [0.1, 0.15) is 5.56 Å². The summed E-state index contributed by atoms with van der Waals surface area (Å²) < 4.78 is 53.4. The number of sulfonamides is 2. The van der Waals surface area contributed by atoms with Gasteiger partial charge >= 0.3 is 0 Å². The number of rotatable bonds is 9. The van der Waals surface area contributed by atoms with Crippen molar-refractivity contribution >= 4 is 25.7 Å². The van der Waals surface area contributed by atoms with Gasteiger partial charge in [0.25, 0.3) is 5.69 Å². The lowest BCUT2D eigenvalue weighted by Gasteiger charge is -2.34. The highest BCUT2D eigenvalue weighted by atomic mass is 32.2. The largest absolute Gasteiger partial charge is 0.296 e. The number of hydrogen-bond acceptors (Lipinski definition) is 7. The van der Waals surface area contributed by atoms with E-state index in [2.05, 4.69) is 9.62 Å². The maximum absolute atomic E-state index is 12.6. The minimum atomic E-state index is -3.96. The van der Waals surface area contributed by atoms with Crippen molar-refractivity contribution in [1.82, 2.24) is 13.9 Å². The molecular formula is C19H24N4O6S2. The lowest BCUT2D eigenvalue weighted by atomic mass is 10.2. The van der Waals surface area contributed by atoms with Crippen molar-refractivity contribution in [2.75, 3.05) is 38.5 Å². The lowest BCUT2D eigenvalue weighted by molar-refractivity contribution is -0.384. The van der Waals surface area contributed by atoms with Gasteiger partial charge in [0.05, 0.1) is 15.6 Å². The fourth-order valence-electron chi connectivity index (χ4n) is 3.27. The SMILES string of the molecule is O=[N+]([O-])c1ccc(S(=O)(=O)NCCS(=O)(=O)N2CCN(Cc3ccccc3)CC2)cc1. The molecule has 1 N–H and O–H groups in total. The molecule has 168 valence electrons. The molecule has 3 rings (SSSR count). The van der Waals surface area contributed by atoms with Gasteiger partial charge in [-0.1, -0.05) is 30.3 Å². The number of piperazine rings is 1. The topological polar surface area (TPSA) is 130 Å². The quantitative estimate of drug-likeness (QED) is 0.429. The number of nitrogens with zero attached hydrogens (tertiary/aromatic N) is 3. The summed E-state index contributed by atoms with van der Waals surface area (Å²) in [7, 11) is -7.57. The third kappa shape index (κ3) is 6.31. The summed E-state index contributed by atoms with van der Waals surface area (Å²) >= 11 is 0. The Labute approximate surface area is 181 Å². The van der Waals surface area contributed by atoms with E-state index in [9.17, 15) is 26.9 Å². The van der Waals surface area contributed by atoms with Crippen LogP contribution in [0, 0.1) is 10.1 Å². The first-order valence-corrected chi connectivity index (χ1v) is 12.7. The van der Waals surface area contributed by atoms with Crippen LogP contribution in [0.15, 0.2) is 59.5 Å². The van der Waals surface area contributed by atoms with Gasteiger partial charge in [0.15, 0.2) is 0 Å². The van der Waals surface area contributed by atoms with Crippen LogP contribution >= 0.6 is 0 Å². The number of hydrogen-bond donors (Lipinski definition) is 1. The highest BCUT2D eigenvalue weighted by Crippen LogP contribution is 2.16. The minimum Gasteiger partial charge on any atom is -0.296 e. The predicted octanol–water partition coefficient (Wildman–Crippen LogP) is 1.02. The average molecular weight is 469 g/mol. The van der Waals surface area contributed by atoms with Gasteiger partial charge in [-0.05, 0) is 17.7 Å². The minimum absolute atomic E-state index is 0.162. The van der Waals surface area contributed by atoms with Gasteiger partial charge in [0, 0.05) is 51.4 Å². The van der Waals surface area contributed by atoms with E-state index in [1.54, 1.807) is 0 Å². The molecule has 1 aliphatic rings. The smallest absolute Gasteiger partial charge is 0.269 e. The Balaban J connectivity index is 1.49. The highest BCUT2D eigenvalue weighted by molar-refractivity contribution is 7.90. The molecule has 0 aromatic heterocycles. The Morgan fingerprint density at radius 2 is 1.52 bits per heavy atom. The van der Waals surface area contributed by atoms with Crippen molar-refractivity contribution < 1.29 is 21.8 Å². The molecule has 2 aromatic rings. The van der Waals surface area contributed by atoms with Crippen LogP contribution in [0.3, 0.4) is 0 Å². The van der Waals surface area contributed by atoms with E-state index in [1.165, 1.54) is 9.87 Å². The molecule has 1 heterocycles. The monoisotopic (exact) mass is 468 g/mol. The number of benzene rings is 2. The Bertz CT molecular complexity index is 1100. The third-order valence-corrected chi connectivity index (χ3v) is 8.33. The molecule has 10 nitrogen and oxygen atoms in total. The highest BCUT2D eigenvalue weighted by Gasteiger charge is 2.27. The van der Waals surface area contributed by atoms with E-state index < -0.39 is 25.0 Å². The van der Waals surface area contributed by atoms with Gasteiger partial charge in [0.1, 0.15) is 0 Å². The average Bonchev–Trinajstić information content (AvgIpc) is 2.74. The van der Waals surface area contributed by atoms with Crippen molar-refractivity contribution in [1.29, 1.82) is 0 Å². The van der Waals surface area contributed by atoms with E-state index in [4.69, 9.17) is 0 Å². The maximum Gasteiger partial charge on any atom is 0.269 e. The van der Waals surface area contributed by atoms with Crippen molar-refractivity contribution in [2.45, 2.75) is 11.4 Å². The maximum atomic E-state index is 12.6. The summed E-state index contributed by atoms with van der Waals surface area (Å²) in [5.41, 5.74) is 0.937. The first kappa shape index (κ1) is 23.3. The zero-order chi connectivity index (χ0) is 22.5. The summed E-state index contributed by atoms with van der Waals surface area (Å²) in [4.78, 5) is 12.1. The zero-order valence-electron chi connectivity index (χ0n) is 16.8.